The van der Waals surface area contributed by atoms with Gasteiger partial charge < -0.3 is 10.1 Å². The topological polar surface area (TPSA) is 92.8 Å². The molecule has 1 amide bonds. The second kappa shape index (κ2) is 6.31. The molecule has 7 nitrogen and oxygen atoms in total. The van der Waals surface area contributed by atoms with Crippen molar-refractivity contribution >= 4 is 21.9 Å². The molecule has 0 aromatic rings. The Balaban J connectivity index is 1.97. The second-order valence-electron chi connectivity index (χ2n) is 5.81. The summed E-state index contributed by atoms with van der Waals surface area (Å²) in [5, 5.41) is 2.74. The van der Waals surface area contributed by atoms with Crippen molar-refractivity contribution in [2.75, 3.05) is 26.5 Å². The summed E-state index contributed by atoms with van der Waals surface area (Å²) in [6.45, 7) is 0.634. The van der Waals surface area contributed by atoms with E-state index in [0.29, 0.717) is 19.4 Å². The molecule has 0 aromatic heterocycles. The van der Waals surface area contributed by atoms with Gasteiger partial charge in [0.15, 0.2) is 0 Å². The summed E-state index contributed by atoms with van der Waals surface area (Å²) in [6, 6.07) is -0.601. The summed E-state index contributed by atoms with van der Waals surface area (Å²) in [6.07, 6.45) is 4.24. The molecule has 0 radical (unpaired) electrons. The van der Waals surface area contributed by atoms with Gasteiger partial charge in [-0.2, -0.15) is 0 Å². The molecule has 2 unspecified atom stereocenters. The van der Waals surface area contributed by atoms with E-state index in [1.165, 1.54) is 11.4 Å². The number of carbonyl (C=O) groups is 2. The fourth-order valence-corrected chi connectivity index (χ4v) is 3.57. The number of carbonyl (C=O) groups excluding carboxylic acids is 2. The number of piperidine rings is 1. The maximum absolute atomic E-state index is 12.3. The lowest BCUT2D eigenvalue weighted by Crippen LogP contribution is -2.50. The number of esters is 1. The molecular weight excluding hydrogens is 296 g/mol. The number of hydrogen-bond acceptors (Lipinski definition) is 5. The molecule has 2 rings (SSSR count). The molecule has 0 aromatic carbocycles. The Labute approximate surface area is 125 Å². The van der Waals surface area contributed by atoms with E-state index < -0.39 is 28.0 Å². The Kier molecular flexibility index (Phi) is 4.88. The molecule has 2 aliphatic rings. The summed E-state index contributed by atoms with van der Waals surface area (Å²) in [7, 11) is -1.98. The first-order chi connectivity index (χ1) is 9.82. The average Bonchev–Trinajstić information content (AvgIpc) is 3.27. The van der Waals surface area contributed by atoms with Crippen molar-refractivity contribution < 1.29 is 22.7 Å². The van der Waals surface area contributed by atoms with E-state index in [9.17, 15) is 18.0 Å². The summed E-state index contributed by atoms with van der Waals surface area (Å²) in [5.74, 6) is -0.942. The van der Waals surface area contributed by atoms with E-state index >= 15 is 0 Å². The molecule has 1 heterocycles. The maximum atomic E-state index is 12.3. The van der Waals surface area contributed by atoms with E-state index in [-0.39, 0.29) is 18.4 Å². The molecule has 0 spiro atoms. The van der Waals surface area contributed by atoms with Crippen molar-refractivity contribution in [1.29, 1.82) is 0 Å². The van der Waals surface area contributed by atoms with Gasteiger partial charge in [0.1, 0.15) is 6.04 Å². The first-order valence-electron chi connectivity index (χ1n) is 7.16. The molecule has 2 fully saturated rings. The minimum atomic E-state index is -3.28. The molecule has 1 aliphatic heterocycles. The van der Waals surface area contributed by atoms with Crippen LogP contribution in [0.5, 0.6) is 0 Å². The van der Waals surface area contributed by atoms with Gasteiger partial charge in [-0.05, 0) is 31.6 Å². The van der Waals surface area contributed by atoms with Crippen LogP contribution in [0.4, 0.5) is 0 Å². The fraction of sp³-hybridized carbons (Fsp3) is 0.846. The molecule has 1 N–H and O–H groups in total. The minimum Gasteiger partial charge on any atom is -0.467 e. The highest BCUT2D eigenvalue weighted by atomic mass is 32.2. The van der Waals surface area contributed by atoms with Crippen LogP contribution in [-0.4, -0.2) is 57.1 Å². The van der Waals surface area contributed by atoms with Gasteiger partial charge in [0, 0.05) is 13.1 Å². The number of methoxy groups -OCH3 is 1. The first kappa shape index (κ1) is 16.2. The largest absolute Gasteiger partial charge is 0.467 e. The zero-order valence-corrected chi connectivity index (χ0v) is 13.2. The van der Waals surface area contributed by atoms with E-state index in [0.717, 1.165) is 19.1 Å². The predicted molar refractivity (Wildman–Crippen MR) is 75.8 cm³/mol. The normalized spacial score (nSPS) is 25.1. The van der Waals surface area contributed by atoms with Crippen molar-refractivity contribution in [2.24, 2.45) is 11.8 Å². The van der Waals surface area contributed by atoms with Crippen LogP contribution in [0.2, 0.25) is 0 Å². The molecular formula is C13H22N2O5S. The van der Waals surface area contributed by atoms with Crippen LogP contribution in [0.25, 0.3) is 0 Å². The number of nitrogens with one attached hydrogen (secondary N) is 1. The zero-order chi connectivity index (χ0) is 15.6. The molecule has 21 heavy (non-hydrogen) atoms. The van der Waals surface area contributed by atoms with Crippen LogP contribution in [0.1, 0.15) is 25.7 Å². The van der Waals surface area contributed by atoms with Crippen molar-refractivity contribution in [3.8, 4) is 0 Å². The van der Waals surface area contributed by atoms with Gasteiger partial charge in [-0.15, -0.1) is 0 Å². The van der Waals surface area contributed by atoms with Crippen molar-refractivity contribution in [3.63, 3.8) is 0 Å². The third-order valence-electron chi connectivity index (χ3n) is 4.07. The third-order valence-corrected chi connectivity index (χ3v) is 5.34. The molecule has 120 valence electrons. The average molecular weight is 318 g/mol. The summed E-state index contributed by atoms with van der Waals surface area (Å²) in [4.78, 5) is 24.0. The Morgan fingerprint density at radius 3 is 2.48 bits per heavy atom. The van der Waals surface area contributed by atoms with Gasteiger partial charge in [-0.1, -0.05) is 0 Å². The highest BCUT2D eigenvalue weighted by molar-refractivity contribution is 7.88. The van der Waals surface area contributed by atoms with Crippen LogP contribution in [-0.2, 0) is 24.3 Å². The van der Waals surface area contributed by atoms with Crippen molar-refractivity contribution in [1.82, 2.24) is 9.62 Å². The molecule has 8 heteroatoms. The maximum Gasteiger partial charge on any atom is 0.328 e. The smallest absolute Gasteiger partial charge is 0.328 e. The van der Waals surface area contributed by atoms with Crippen LogP contribution in [0.15, 0.2) is 0 Å². The molecule has 2 atom stereocenters. The lowest BCUT2D eigenvalue weighted by molar-refractivity contribution is -0.146. The van der Waals surface area contributed by atoms with Crippen LogP contribution in [0.3, 0.4) is 0 Å². The van der Waals surface area contributed by atoms with Crippen LogP contribution in [0, 0.1) is 11.8 Å². The van der Waals surface area contributed by atoms with E-state index in [2.05, 4.69) is 5.32 Å². The van der Waals surface area contributed by atoms with Gasteiger partial charge in [-0.25, -0.2) is 17.5 Å². The SMILES string of the molecule is COC(=O)C(NC(=O)C1CCCN(S(C)(=O)=O)C1)C1CC1. The third kappa shape index (κ3) is 4.16. The Morgan fingerprint density at radius 1 is 1.29 bits per heavy atom. The van der Waals surface area contributed by atoms with Crippen LogP contribution >= 0.6 is 0 Å². The number of amides is 1. The van der Waals surface area contributed by atoms with Gasteiger partial charge in [-0.3, -0.25) is 4.79 Å². The molecule has 1 saturated heterocycles. The highest BCUT2D eigenvalue weighted by Crippen LogP contribution is 2.33. The van der Waals surface area contributed by atoms with E-state index in [1.807, 2.05) is 0 Å². The fourth-order valence-electron chi connectivity index (χ4n) is 2.65. The van der Waals surface area contributed by atoms with Crippen molar-refractivity contribution in [2.45, 2.75) is 31.7 Å². The van der Waals surface area contributed by atoms with E-state index in [4.69, 9.17) is 4.74 Å². The zero-order valence-electron chi connectivity index (χ0n) is 12.4. The summed E-state index contributed by atoms with van der Waals surface area (Å²) >= 11 is 0. The predicted octanol–water partition coefficient (Wildman–Crippen LogP) is -0.274. The number of hydrogen-bond donors (Lipinski definition) is 1. The first-order valence-corrected chi connectivity index (χ1v) is 9.01. The van der Waals surface area contributed by atoms with Gasteiger partial charge in [0.2, 0.25) is 15.9 Å². The minimum absolute atomic E-state index is 0.149. The highest BCUT2D eigenvalue weighted by Gasteiger charge is 2.40. The number of rotatable bonds is 5. The number of ether oxygens (including phenoxy) is 1. The Hall–Kier alpha value is -1.15. The summed E-state index contributed by atoms with van der Waals surface area (Å²) < 4.78 is 29.2. The van der Waals surface area contributed by atoms with Gasteiger partial charge in [0.25, 0.3) is 0 Å². The van der Waals surface area contributed by atoms with Gasteiger partial charge in [0.05, 0.1) is 19.3 Å². The lowest BCUT2D eigenvalue weighted by Gasteiger charge is -2.31. The van der Waals surface area contributed by atoms with E-state index in [1.54, 1.807) is 0 Å². The number of sulfonamides is 1. The quantitative estimate of drug-likeness (QED) is 0.704. The van der Waals surface area contributed by atoms with Gasteiger partial charge >= 0.3 is 5.97 Å². The number of nitrogens with zero attached hydrogens (tertiary/aromatic N) is 1. The standard InChI is InChI=1S/C13H22N2O5S/c1-20-13(17)11(9-5-6-9)14-12(16)10-4-3-7-15(8-10)21(2,18)19/h9-11H,3-8H2,1-2H3,(H,14,16). The molecule has 1 aliphatic carbocycles. The van der Waals surface area contributed by atoms with Crippen molar-refractivity contribution in [3.05, 3.63) is 0 Å². The summed E-state index contributed by atoms with van der Waals surface area (Å²) in [5.41, 5.74) is 0. The Bertz CT molecular complexity index is 515. The Morgan fingerprint density at radius 2 is 1.95 bits per heavy atom. The lowest BCUT2D eigenvalue weighted by atomic mass is 9.98. The van der Waals surface area contributed by atoms with Crippen LogP contribution < -0.4 is 5.32 Å². The molecule has 1 saturated carbocycles. The molecule has 0 bridgehead atoms. The monoisotopic (exact) mass is 318 g/mol. The second-order valence-corrected chi connectivity index (χ2v) is 7.79.